The monoisotopic (exact) mass is 229 g/mol. The summed E-state index contributed by atoms with van der Waals surface area (Å²) in [6.45, 7) is 1.02. The summed E-state index contributed by atoms with van der Waals surface area (Å²) in [5, 5.41) is 11.6. The SMILES string of the molecule is O=C(O)c1nc2n(c(=O)c1OP)CCN2. The summed E-state index contributed by atoms with van der Waals surface area (Å²) in [7, 11) is 1.85. The van der Waals surface area contributed by atoms with Crippen LogP contribution in [-0.4, -0.2) is 27.2 Å². The first-order valence-electron chi connectivity index (χ1n) is 4.14. The number of anilines is 1. The molecular weight excluding hydrogens is 221 g/mol. The number of fused-ring (bicyclic) bond motifs is 1. The van der Waals surface area contributed by atoms with Crippen molar-refractivity contribution < 1.29 is 14.4 Å². The van der Waals surface area contributed by atoms with Crippen molar-refractivity contribution in [2.24, 2.45) is 0 Å². The molecule has 2 N–H and O–H groups in total. The minimum Gasteiger partial charge on any atom is -0.476 e. The van der Waals surface area contributed by atoms with Crippen LogP contribution in [0.15, 0.2) is 4.79 Å². The number of nitrogens with one attached hydrogen (secondary N) is 1. The topological polar surface area (TPSA) is 93.5 Å². The van der Waals surface area contributed by atoms with Crippen LogP contribution in [-0.2, 0) is 6.54 Å². The molecule has 0 bridgehead atoms. The van der Waals surface area contributed by atoms with Crippen LogP contribution in [0.4, 0.5) is 5.95 Å². The lowest BCUT2D eigenvalue weighted by molar-refractivity contribution is 0.0688. The zero-order valence-corrected chi connectivity index (χ0v) is 8.71. The van der Waals surface area contributed by atoms with Gasteiger partial charge in [0.25, 0.3) is 5.56 Å². The van der Waals surface area contributed by atoms with E-state index < -0.39 is 11.5 Å². The fourth-order valence-corrected chi connectivity index (χ4v) is 1.62. The number of hydrogen-bond donors (Lipinski definition) is 2. The van der Waals surface area contributed by atoms with Gasteiger partial charge in [0.2, 0.25) is 11.7 Å². The third-order valence-electron chi connectivity index (χ3n) is 2.07. The molecule has 0 fully saturated rings. The van der Waals surface area contributed by atoms with Gasteiger partial charge in [-0.2, -0.15) is 0 Å². The van der Waals surface area contributed by atoms with Crippen molar-refractivity contribution in [1.82, 2.24) is 9.55 Å². The minimum absolute atomic E-state index is 0.264. The van der Waals surface area contributed by atoms with Gasteiger partial charge in [0.05, 0.1) is 9.47 Å². The van der Waals surface area contributed by atoms with Gasteiger partial charge in [-0.3, -0.25) is 9.36 Å². The Kier molecular flexibility index (Phi) is 2.32. The van der Waals surface area contributed by atoms with Crippen molar-refractivity contribution in [3.8, 4) is 5.75 Å². The van der Waals surface area contributed by atoms with Gasteiger partial charge in [-0.1, -0.05) is 0 Å². The molecule has 0 radical (unpaired) electrons. The first-order valence-corrected chi connectivity index (χ1v) is 4.61. The third kappa shape index (κ3) is 1.45. The highest BCUT2D eigenvalue weighted by Gasteiger charge is 2.24. The standard InChI is InChI=1S/C7H8N3O4P/c11-5-4(14-15)3(6(12)13)9-7-8-1-2-10(5)7/h1-2,15H2,(H,8,9)(H,12,13). The maximum atomic E-state index is 11.7. The summed E-state index contributed by atoms with van der Waals surface area (Å²) in [5.41, 5.74) is -0.868. The number of nitrogens with zero attached hydrogens (tertiary/aromatic N) is 2. The van der Waals surface area contributed by atoms with Crippen LogP contribution in [0.1, 0.15) is 10.5 Å². The Morgan fingerprint density at radius 2 is 2.40 bits per heavy atom. The van der Waals surface area contributed by atoms with Crippen molar-refractivity contribution in [3.05, 3.63) is 16.0 Å². The molecule has 7 nitrogen and oxygen atoms in total. The quantitative estimate of drug-likeness (QED) is 0.666. The molecule has 8 heteroatoms. The molecule has 1 atom stereocenters. The molecule has 0 saturated carbocycles. The molecule has 1 aliphatic rings. The molecule has 1 aromatic heterocycles. The van der Waals surface area contributed by atoms with E-state index in [2.05, 4.69) is 14.8 Å². The van der Waals surface area contributed by atoms with Gasteiger partial charge in [-0.25, -0.2) is 9.78 Å². The first-order chi connectivity index (χ1) is 7.15. The van der Waals surface area contributed by atoms with Crippen LogP contribution in [0.3, 0.4) is 0 Å². The Morgan fingerprint density at radius 1 is 1.67 bits per heavy atom. The Bertz CT molecular complexity index is 484. The number of carboxylic acid groups (broad SMARTS) is 1. The molecule has 1 unspecified atom stereocenters. The van der Waals surface area contributed by atoms with Gasteiger partial charge in [0.1, 0.15) is 0 Å². The van der Waals surface area contributed by atoms with Crippen molar-refractivity contribution in [2.45, 2.75) is 6.54 Å². The van der Waals surface area contributed by atoms with Gasteiger partial charge in [0.15, 0.2) is 5.69 Å². The predicted octanol–water partition coefficient (Wildman–Crippen LogP) is -0.464. The van der Waals surface area contributed by atoms with Crippen molar-refractivity contribution in [2.75, 3.05) is 11.9 Å². The van der Waals surface area contributed by atoms with Crippen LogP contribution >= 0.6 is 9.47 Å². The zero-order chi connectivity index (χ0) is 11.0. The molecule has 0 saturated heterocycles. The number of aromatic carboxylic acids is 1. The molecule has 2 heterocycles. The molecular formula is C7H8N3O4P. The van der Waals surface area contributed by atoms with E-state index in [1.807, 2.05) is 9.47 Å². The number of carboxylic acids is 1. The fourth-order valence-electron chi connectivity index (χ4n) is 1.41. The average Bonchev–Trinajstić information content (AvgIpc) is 2.65. The van der Waals surface area contributed by atoms with E-state index in [9.17, 15) is 9.59 Å². The second-order valence-corrected chi connectivity index (χ2v) is 3.16. The molecule has 0 amide bonds. The van der Waals surface area contributed by atoms with Gasteiger partial charge < -0.3 is 14.9 Å². The number of aromatic nitrogens is 2. The molecule has 2 rings (SSSR count). The second-order valence-electron chi connectivity index (χ2n) is 2.92. The highest BCUT2D eigenvalue weighted by Crippen LogP contribution is 2.18. The molecule has 1 aliphatic heterocycles. The normalized spacial score (nSPS) is 13.1. The summed E-state index contributed by atoms with van der Waals surface area (Å²) in [5.74, 6) is -1.29. The summed E-state index contributed by atoms with van der Waals surface area (Å²) in [6.07, 6.45) is 0. The summed E-state index contributed by atoms with van der Waals surface area (Å²) in [6, 6.07) is 0. The third-order valence-corrected chi connectivity index (χ3v) is 2.30. The van der Waals surface area contributed by atoms with Gasteiger partial charge in [-0.15, -0.1) is 0 Å². The van der Waals surface area contributed by atoms with E-state index in [4.69, 9.17) is 5.11 Å². The Balaban J connectivity index is 2.72. The second kappa shape index (κ2) is 3.51. The molecule has 80 valence electrons. The molecule has 0 aliphatic carbocycles. The lowest BCUT2D eigenvalue weighted by Crippen LogP contribution is -2.23. The van der Waals surface area contributed by atoms with Crippen LogP contribution in [0, 0.1) is 0 Å². The van der Waals surface area contributed by atoms with Crippen LogP contribution in [0.25, 0.3) is 0 Å². The zero-order valence-electron chi connectivity index (χ0n) is 7.56. The van der Waals surface area contributed by atoms with Crippen LogP contribution < -0.4 is 15.4 Å². The van der Waals surface area contributed by atoms with Gasteiger partial charge >= 0.3 is 5.97 Å². The maximum absolute atomic E-state index is 11.7. The van der Waals surface area contributed by atoms with E-state index in [-0.39, 0.29) is 17.4 Å². The van der Waals surface area contributed by atoms with E-state index in [0.717, 1.165) is 0 Å². The van der Waals surface area contributed by atoms with Crippen molar-refractivity contribution in [3.63, 3.8) is 0 Å². The van der Waals surface area contributed by atoms with Crippen molar-refractivity contribution >= 4 is 21.4 Å². The van der Waals surface area contributed by atoms with Crippen molar-refractivity contribution in [1.29, 1.82) is 0 Å². The average molecular weight is 229 g/mol. The maximum Gasteiger partial charge on any atom is 0.358 e. The fraction of sp³-hybridized carbons (Fsp3) is 0.286. The van der Waals surface area contributed by atoms with Gasteiger partial charge in [-0.05, 0) is 0 Å². The minimum atomic E-state index is -1.29. The summed E-state index contributed by atoms with van der Waals surface area (Å²) < 4.78 is 6.01. The summed E-state index contributed by atoms with van der Waals surface area (Å²) in [4.78, 5) is 26.3. The Morgan fingerprint density at radius 3 is 3.00 bits per heavy atom. The lowest BCUT2D eigenvalue weighted by Gasteiger charge is -2.06. The van der Waals surface area contributed by atoms with E-state index in [1.54, 1.807) is 0 Å². The molecule has 0 spiro atoms. The molecule has 0 aromatic carbocycles. The molecule has 15 heavy (non-hydrogen) atoms. The van der Waals surface area contributed by atoms with Gasteiger partial charge in [0, 0.05) is 13.1 Å². The Hall–Kier alpha value is -1.62. The predicted molar refractivity (Wildman–Crippen MR) is 54.3 cm³/mol. The first kappa shape index (κ1) is 9.92. The smallest absolute Gasteiger partial charge is 0.358 e. The van der Waals surface area contributed by atoms with E-state index in [1.165, 1.54) is 4.57 Å². The van der Waals surface area contributed by atoms with Crippen LogP contribution in [0.5, 0.6) is 5.75 Å². The lowest BCUT2D eigenvalue weighted by atomic mass is 10.3. The Labute approximate surface area is 86.4 Å². The van der Waals surface area contributed by atoms with E-state index in [0.29, 0.717) is 13.1 Å². The number of carbonyl (C=O) groups is 1. The molecule has 1 aromatic rings. The largest absolute Gasteiger partial charge is 0.476 e. The van der Waals surface area contributed by atoms with Crippen LogP contribution in [0.2, 0.25) is 0 Å². The summed E-state index contributed by atoms with van der Waals surface area (Å²) >= 11 is 0. The highest BCUT2D eigenvalue weighted by molar-refractivity contribution is 7.10. The number of hydrogen-bond acceptors (Lipinski definition) is 5. The highest BCUT2D eigenvalue weighted by atomic mass is 31.0. The number of rotatable bonds is 2. The van der Waals surface area contributed by atoms with E-state index >= 15 is 0 Å².